The van der Waals surface area contributed by atoms with Crippen LogP contribution in [0.25, 0.3) is 11.3 Å². The maximum absolute atomic E-state index is 13.2. The van der Waals surface area contributed by atoms with Crippen molar-refractivity contribution in [3.05, 3.63) is 114 Å². The Hall–Kier alpha value is -5.51. The number of nitrogens with zero attached hydrogens (tertiary/aromatic N) is 3. The molecule has 1 aliphatic rings. The number of anilines is 2. The fraction of sp³-hybridized carbons (Fsp3) is 0.182. The number of hydrazine groups is 1. The van der Waals surface area contributed by atoms with Gasteiger partial charge in [0.15, 0.2) is 0 Å². The van der Waals surface area contributed by atoms with Gasteiger partial charge < -0.3 is 15.0 Å². The lowest BCUT2D eigenvalue weighted by molar-refractivity contribution is -0.134. The molecule has 1 aliphatic heterocycles. The van der Waals surface area contributed by atoms with Crippen molar-refractivity contribution in [2.24, 2.45) is 0 Å². The standard InChI is InChI=1S/C33H31N5O5/c1-23(37-20-8-13-30(37)39)31(40)35-27-16-14-26(15-17-27)32(41)36-38(33(42)43-22-24-9-4-2-5-10-24)28-18-19-29(34-21-28)25-11-6-3-7-12-25/h2-7,9-12,14-19,21,23H,8,13,20,22H2,1H3,(H,35,40)(H,36,41). The van der Waals surface area contributed by atoms with Gasteiger partial charge in [0.1, 0.15) is 12.6 Å². The molecule has 1 aromatic heterocycles. The minimum absolute atomic E-state index is 0.0113. The number of rotatable bonds is 8. The van der Waals surface area contributed by atoms with Crippen LogP contribution in [0.3, 0.4) is 0 Å². The molecule has 5 rings (SSSR count). The number of nitrogens with one attached hydrogen (secondary N) is 2. The number of aromatic nitrogens is 1. The Balaban J connectivity index is 1.29. The molecule has 0 aliphatic carbocycles. The molecule has 0 radical (unpaired) electrons. The van der Waals surface area contributed by atoms with E-state index in [-0.39, 0.29) is 24.0 Å². The molecule has 3 aromatic carbocycles. The van der Waals surface area contributed by atoms with Gasteiger partial charge in [-0.15, -0.1) is 0 Å². The molecule has 43 heavy (non-hydrogen) atoms. The monoisotopic (exact) mass is 577 g/mol. The Morgan fingerprint density at radius 2 is 1.63 bits per heavy atom. The Bertz CT molecular complexity index is 1580. The van der Waals surface area contributed by atoms with Crippen LogP contribution in [-0.2, 0) is 20.9 Å². The summed E-state index contributed by atoms with van der Waals surface area (Å²) in [6, 6.07) is 27.8. The quantitative estimate of drug-likeness (QED) is 0.278. The molecule has 0 bridgehead atoms. The highest BCUT2D eigenvalue weighted by atomic mass is 16.6. The number of carbonyl (C=O) groups excluding carboxylic acids is 4. The molecular formula is C33H31N5O5. The Labute approximate surface area is 249 Å². The average molecular weight is 578 g/mol. The van der Waals surface area contributed by atoms with E-state index in [1.54, 1.807) is 36.1 Å². The molecule has 10 heteroatoms. The first-order valence-corrected chi connectivity index (χ1v) is 13.9. The normalized spacial score (nSPS) is 13.2. The van der Waals surface area contributed by atoms with Gasteiger partial charge in [-0.3, -0.25) is 24.8 Å². The van der Waals surface area contributed by atoms with Crippen molar-refractivity contribution in [1.82, 2.24) is 15.3 Å². The summed E-state index contributed by atoms with van der Waals surface area (Å²) in [5.74, 6) is -0.921. The molecule has 2 N–H and O–H groups in total. The van der Waals surface area contributed by atoms with E-state index < -0.39 is 18.0 Å². The lowest BCUT2D eigenvalue weighted by atomic mass is 10.1. The van der Waals surface area contributed by atoms with Gasteiger partial charge >= 0.3 is 6.09 Å². The zero-order valence-corrected chi connectivity index (χ0v) is 23.6. The van der Waals surface area contributed by atoms with E-state index >= 15 is 0 Å². The van der Waals surface area contributed by atoms with Crippen molar-refractivity contribution in [3.8, 4) is 11.3 Å². The molecule has 0 saturated carbocycles. The van der Waals surface area contributed by atoms with Crippen LogP contribution in [0, 0.1) is 0 Å². The molecule has 10 nitrogen and oxygen atoms in total. The number of benzene rings is 3. The highest BCUT2D eigenvalue weighted by Crippen LogP contribution is 2.21. The zero-order valence-electron chi connectivity index (χ0n) is 23.6. The first-order chi connectivity index (χ1) is 20.9. The third-order valence-corrected chi connectivity index (χ3v) is 7.05. The number of hydrogen-bond acceptors (Lipinski definition) is 6. The van der Waals surface area contributed by atoms with Crippen molar-refractivity contribution in [2.45, 2.75) is 32.4 Å². The minimum Gasteiger partial charge on any atom is -0.443 e. The number of hydrogen-bond donors (Lipinski definition) is 2. The van der Waals surface area contributed by atoms with E-state index in [1.165, 1.54) is 18.3 Å². The Morgan fingerprint density at radius 1 is 0.930 bits per heavy atom. The summed E-state index contributed by atoms with van der Waals surface area (Å²) in [6.45, 7) is 2.26. The Kier molecular flexibility index (Phi) is 9.06. The lowest BCUT2D eigenvalue weighted by Crippen LogP contribution is -2.46. The van der Waals surface area contributed by atoms with Gasteiger partial charge in [0.25, 0.3) is 5.91 Å². The van der Waals surface area contributed by atoms with Crippen LogP contribution in [0.1, 0.15) is 35.7 Å². The summed E-state index contributed by atoms with van der Waals surface area (Å²) < 4.78 is 5.50. The Morgan fingerprint density at radius 3 is 2.26 bits per heavy atom. The van der Waals surface area contributed by atoms with Crippen LogP contribution in [0.15, 0.2) is 103 Å². The smallest absolute Gasteiger partial charge is 0.433 e. The molecule has 4 amide bonds. The van der Waals surface area contributed by atoms with E-state index in [0.717, 1.165) is 22.6 Å². The predicted octanol–water partition coefficient (Wildman–Crippen LogP) is 5.19. The fourth-order valence-electron chi connectivity index (χ4n) is 4.64. The first-order valence-electron chi connectivity index (χ1n) is 13.9. The van der Waals surface area contributed by atoms with Crippen LogP contribution in [-0.4, -0.2) is 46.3 Å². The van der Waals surface area contributed by atoms with Gasteiger partial charge in [0.2, 0.25) is 11.8 Å². The van der Waals surface area contributed by atoms with E-state index in [0.29, 0.717) is 30.0 Å². The molecule has 2 heterocycles. The van der Waals surface area contributed by atoms with Gasteiger partial charge in [-0.25, -0.2) is 4.79 Å². The maximum Gasteiger partial charge on any atom is 0.433 e. The van der Waals surface area contributed by atoms with Crippen LogP contribution in [0.2, 0.25) is 0 Å². The summed E-state index contributed by atoms with van der Waals surface area (Å²) in [7, 11) is 0. The largest absolute Gasteiger partial charge is 0.443 e. The summed E-state index contributed by atoms with van der Waals surface area (Å²) in [5.41, 5.74) is 6.04. The molecule has 1 fully saturated rings. The second-order valence-corrected chi connectivity index (χ2v) is 10.0. The van der Waals surface area contributed by atoms with Crippen molar-refractivity contribution in [2.75, 3.05) is 16.9 Å². The fourth-order valence-corrected chi connectivity index (χ4v) is 4.64. The highest BCUT2D eigenvalue weighted by molar-refractivity contribution is 6.01. The average Bonchev–Trinajstić information content (AvgIpc) is 3.49. The molecule has 4 aromatic rings. The number of pyridine rings is 1. The van der Waals surface area contributed by atoms with Crippen LogP contribution in [0.4, 0.5) is 16.2 Å². The van der Waals surface area contributed by atoms with Crippen molar-refractivity contribution in [1.29, 1.82) is 0 Å². The maximum atomic E-state index is 13.2. The van der Waals surface area contributed by atoms with Gasteiger partial charge in [-0.05, 0) is 55.3 Å². The highest BCUT2D eigenvalue weighted by Gasteiger charge is 2.29. The number of likely N-dealkylation sites (tertiary alicyclic amines) is 1. The molecule has 218 valence electrons. The van der Waals surface area contributed by atoms with E-state index in [4.69, 9.17) is 4.74 Å². The molecule has 0 spiro atoms. The molecular weight excluding hydrogens is 546 g/mol. The SMILES string of the molecule is CC(C(=O)Nc1ccc(C(=O)NN(C(=O)OCc2ccccc2)c2ccc(-c3ccccc3)nc2)cc1)N1CCCC1=O. The van der Waals surface area contributed by atoms with Crippen LogP contribution >= 0.6 is 0 Å². The van der Waals surface area contributed by atoms with Crippen molar-refractivity contribution < 1.29 is 23.9 Å². The van der Waals surface area contributed by atoms with E-state index in [2.05, 4.69) is 15.7 Å². The first kappa shape index (κ1) is 29.0. The molecule has 1 unspecified atom stereocenters. The summed E-state index contributed by atoms with van der Waals surface area (Å²) in [5, 5.41) is 3.80. The van der Waals surface area contributed by atoms with Crippen molar-refractivity contribution in [3.63, 3.8) is 0 Å². The van der Waals surface area contributed by atoms with Crippen LogP contribution < -0.4 is 15.8 Å². The number of carbonyl (C=O) groups is 4. The topological polar surface area (TPSA) is 121 Å². The van der Waals surface area contributed by atoms with Crippen molar-refractivity contribution >= 4 is 35.2 Å². The predicted molar refractivity (Wildman–Crippen MR) is 162 cm³/mol. The summed E-state index contributed by atoms with van der Waals surface area (Å²) in [6.07, 6.45) is 1.88. The zero-order chi connectivity index (χ0) is 30.2. The minimum atomic E-state index is -0.791. The lowest BCUT2D eigenvalue weighted by Gasteiger charge is -2.23. The van der Waals surface area contributed by atoms with Gasteiger partial charge in [0.05, 0.1) is 17.6 Å². The molecule has 1 saturated heterocycles. The number of ether oxygens (including phenoxy) is 1. The third kappa shape index (κ3) is 7.23. The second-order valence-electron chi connectivity index (χ2n) is 10.0. The van der Waals surface area contributed by atoms with Gasteiger partial charge in [0, 0.05) is 29.8 Å². The summed E-state index contributed by atoms with van der Waals surface area (Å²) in [4.78, 5) is 57.1. The van der Waals surface area contributed by atoms with Crippen LogP contribution in [0.5, 0.6) is 0 Å². The van der Waals surface area contributed by atoms with Gasteiger partial charge in [-0.1, -0.05) is 60.7 Å². The van der Waals surface area contributed by atoms with E-state index in [9.17, 15) is 19.2 Å². The summed E-state index contributed by atoms with van der Waals surface area (Å²) >= 11 is 0. The second kappa shape index (κ2) is 13.4. The molecule has 1 atom stereocenters. The number of amides is 4. The van der Waals surface area contributed by atoms with E-state index in [1.807, 2.05) is 60.7 Å². The third-order valence-electron chi connectivity index (χ3n) is 7.05. The van der Waals surface area contributed by atoms with Gasteiger partial charge in [-0.2, -0.15) is 5.01 Å².